The van der Waals surface area contributed by atoms with Crippen molar-refractivity contribution in [2.75, 3.05) is 5.32 Å². The highest BCUT2D eigenvalue weighted by atomic mass is 32.1. The van der Waals surface area contributed by atoms with Crippen molar-refractivity contribution in [2.24, 2.45) is 5.92 Å². The van der Waals surface area contributed by atoms with Crippen LogP contribution in [0.3, 0.4) is 0 Å². The highest BCUT2D eigenvalue weighted by Gasteiger charge is 2.10. The minimum atomic E-state index is -0.277. The number of hydrogen-bond acceptors (Lipinski definition) is 4. The number of aryl methyl sites for hydroxylation is 1. The molecular weight excluding hydrogens is 289 g/mol. The maximum atomic E-state index is 13.4. The Kier molecular flexibility index (Phi) is 5.38. The van der Waals surface area contributed by atoms with Gasteiger partial charge in [-0.3, -0.25) is 4.79 Å². The average molecular weight is 307 g/mol. The van der Waals surface area contributed by atoms with Crippen LogP contribution >= 0.6 is 11.3 Å². The number of rotatable bonds is 6. The molecule has 0 aliphatic carbocycles. The van der Waals surface area contributed by atoms with Gasteiger partial charge in [-0.25, -0.2) is 4.39 Å². The highest BCUT2D eigenvalue weighted by Crippen LogP contribution is 2.18. The van der Waals surface area contributed by atoms with Crippen molar-refractivity contribution in [1.29, 1.82) is 0 Å². The molecule has 0 spiro atoms. The van der Waals surface area contributed by atoms with E-state index in [2.05, 4.69) is 29.4 Å². The first kappa shape index (κ1) is 15.6. The van der Waals surface area contributed by atoms with Crippen LogP contribution in [-0.4, -0.2) is 16.1 Å². The molecule has 0 aliphatic heterocycles. The lowest BCUT2D eigenvalue weighted by Gasteiger charge is -2.03. The van der Waals surface area contributed by atoms with Crippen LogP contribution in [-0.2, 0) is 17.6 Å². The van der Waals surface area contributed by atoms with Crippen LogP contribution in [0.15, 0.2) is 24.3 Å². The summed E-state index contributed by atoms with van der Waals surface area (Å²) >= 11 is 1.39. The first-order valence-corrected chi connectivity index (χ1v) is 7.72. The van der Waals surface area contributed by atoms with Gasteiger partial charge in [0.15, 0.2) is 0 Å². The molecule has 2 rings (SSSR count). The Labute approximate surface area is 127 Å². The summed E-state index contributed by atoms with van der Waals surface area (Å²) in [7, 11) is 0. The largest absolute Gasteiger partial charge is 0.301 e. The third kappa shape index (κ3) is 4.90. The van der Waals surface area contributed by atoms with Crippen LogP contribution in [0, 0.1) is 11.7 Å². The maximum Gasteiger partial charge on any atom is 0.226 e. The molecule has 112 valence electrons. The molecule has 2 aromatic rings. The van der Waals surface area contributed by atoms with E-state index in [1.807, 2.05) is 0 Å². The molecule has 1 aromatic heterocycles. The molecule has 1 aromatic carbocycles. The molecule has 0 fully saturated rings. The Morgan fingerprint density at radius 3 is 2.81 bits per heavy atom. The second-order valence-corrected chi connectivity index (χ2v) is 6.30. The van der Waals surface area contributed by atoms with Crippen LogP contribution < -0.4 is 5.32 Å². The predicted octanol–water partition coefficient (Wildman–Crippen LogP) is 3.45. The molecule has 0 unspecified atom stereocenters. The van der Waals surface area contributed by atoms with Gasteiger partial charge < -0.3 is 5.32 Å². The molecule has 21 heavy (non-hydrogen) atoms. The standard InChI is InChI=1S/C15H18FN3OS/c1-10(2)9-14-18-19-15(21-14)17-13(20)8-7-11-5-3-4-6-12(11)16/h3-6,10H,7-9H2,1-2H3,(H,17,19,20). The zero-order valence-corrected chi connectivity index (χ0v) is 12.9. The van der Waals surface area contributed by atoms with Crippen molar-refractivity contribution in [3.05, 3.63) is 40.7 Å². The van der Waals surface area contributed by atoms with Gasteiger partial charge in [0.2, 0.25) is 11.0 Å². The minimum absolute atomic E-state index is 0.175. The molecule has 1 heterocycles. The Balaban J connectivity index is 1.84. The molecule has 0 saturated heterocycles. The van der Waals surface area contributed by atoms with E-state index in [1.54, 1.807) is 18.2 Å². The zero-order chi connectivity index (χ0) is 15.2. The van der Waals surface area contributed by atoms with Crippen LogP contribution in [0.4, 0.5) is 9.52 Å². The van der Waals surface area contributed by atoms with Gasteiger partial charge in [-0.1, -0.05) is 43.4 Å². The fourth-order valence-corrected chi connectivity index (χ4v) is 2.83. The van der Waals surface area contributed by atoms with E-state index in [-0.39, 0.29) is 18.1 Å². The Hall–Kier alpha value is -1.82. The summed E-state index contributed by atoms with van der Waals surface area (Å²) in [5, 5.41) is 12.1. The van der Waals surface area contributed by atoms with Gasteiger partial charge in [0.1, 0.15) is 10.8 Å². The molecule has 4 nitrogen and oxygen atoms in total. The molecule has 0 atom stereocenters. The SMILES string of the molecule is CC(C)Cc1nnc(NC(=O)CCc2ccccc2F)s1. The number of halogens is 1. The van der Waals surface area contributed by atoms with Gasteiger partial charge >= 0.3 is 0 Å². The van der Waals surface area contributed by atoms with Crippen LogP contribution in [0.2, 0.25) is 0 Å². The summed E-state index contributed by atoms with van der Waals surface area (Å²) in [4.78, 5) is 11.8. The van der Waals surface area contributed by atoms with Crippen molar-refractivity contribution >= 4 is 22.4 Å². The second kappa shape index (κ2) is 7.26. The third-order valence-electron chi connectivity index (χ3n) is 2.88. The second-order valence-electron chi connectivity index (χ2n) is 5.24. The number of nitrogens with one attached hydrogen (secondary N) is 1. The molecule has 6 heteroatoms. The molecular formula is C15H18FN3OS. The fraction of sp³-hybridized carbons (Fsp3) is 0.400. The van der Waals surface area contributed by atoms with Gasteiger partial charge in [0.25, 0.3) is 0 Å². The van der Waals surface area contributed by atoms with Crippen molar-refractivity contribution in [1.82, 2.24) is 10.2 Å². The van der Waals surface area contributed by atoms with E-state index in [0.29, 0.717) is 23.0 Å². The number of carbonyl (C=O) groups is 1. The lowest BCUT2D eigenvalue weighted by atomic mass is 10.1. The molecule has 1 N–H and O–H groups in total. The van der Waals surface area contributed by atoms with Crippen molar-refractivity contribution < 1.29 is 9.18 Å². The number of carbonyl (C=O) groups excluding carboxylic acids is 1. The predicted molar refractivity (Wildman–Crippen MR) is 81.8 cm³/mol. The van der Waals surface area contributed by atoms with Gasteiger partial charge in [-0.05, 0) is 24.0 Å². The van der Waals surface area contributed by atoms with E-state index in [9.17, 15) is 9.18 Å². The number of hydrogen-bond donors (Lipinski definition) is 1. The first-order chi connectivity index (χ1) is 10.0. The van der Waals surface area contributed by atoms with E-state index >= 15 is 0 Å². The van der Waals surface area contributed by atoms with Crippen LogP contribution in [0.5, 0.6) is 0 Å². The van der Waals surface area contributed by atoms with Crippen molar-refractivity contribution in [3.8, 4) is 0 Å². The summed E-state index contributed by atoms with van der Waals surface area (Å²) in [6.07, 6.45) is 1.44. The number of benzene rings is 1. The minimum Gasteiger partial charge on any atom is -0.301 e. The molecule has 0 radical (unpaired) electrons. The normalized spacial score (nSPS) is 10.9. The summed E-state index contributed by atoms with van der Waals surface area (Å²) in [6, 6.07) is 6.49. The fourth-order valence-electron chi connectivity index (χ4n) is 1.87. The maximum absolute atomic E-state index is 13.4. The number of amides is 1. The zero-order valence-electron chi connectivity index (χ0n) is 12.1. The molecule has 0 bridgehead atoms. The van der Waals surface area contributed by atoms with Gasteiger partial charge in [-0.2, -0.15) is 0 Å². The van der Waals surface area contributed by atoms with Crippen molar-refractivity contribution in [3.63, 3.8) is 0 Å². The third-order valence-corrected chi connectivity index (χ3v) is 3.74. The summed E-state index contributed by atoms with van der Waals surface area (Å²) in [5.41, 5.74) is 0.547. The van der Waals surface area contributed by atoms with E-state index < -0.39 is 0 Å². The number of nitrogens with zero attached hydrogens (tertiary/aromatic N) is 2. The number of anilines is 1. The lowest BCUT2D eigenvalue weighted by molar-refractivity contribution is -0.116. The van der Waals surface area contributed by atoms with Crippen LogP contribution in [0.25, 0.3) is 0 Å². The summed E-state index contributed by atoms with van der Waals surface area (Å²) < 4.78 is 13.4. The summed E-state index contributed by atoms with van der Waals surface area (Å²) in [5.74, 6) is 0.0495. The quantitative estimate of drug-likeness (QED) is 0.889. The average Bonchev–Trinajstić information content (AvgIpc) is 2.84. The molecule has 1 amide bonds. The Bertz CT molecular complexity index is 612. The van der Waals surface area contributed by atoms with Crippen LogP contribution in [0.1, 0.15) is 30.8 Å². The van der Waals surface area contributed by atoms with E-state index in [0.717, 1.165) is 11.4 Å². The lowest BCUT2D eigenvalue weighted by Crippen LogP contribution is -2.12. The van der Waals surface area contributed by atoms with E-state index in [4.69, 9.17) is 0 Å². The van der Waals surface area contributed by atoms with E-state index in [1.165, 1.54) is 17.4 Å². The monoisotopic (exact) mass is 307 g/mol. The first-order valence-electron chi connectivity index (χ1n) is 6.90. The Morgan fingerprint density at radius 2 is 2.10 bits per heavy atom. The van der Waals surface area contributed by atoms with Crippen molar-refractivity contribution in [2.45, 2.75) is 33.1 Å². The van der Waals surface area contributed by atoms with Gasteiger partial charge in [0, 0.05) is 12.8 Å². The number of aromatic nitrogens is 2. The highest BCUT2D eigenvalue weighted by molar-refractivity contribution is 7.15. The van der Waals surface area contributed by atoms with Gasteiger partial charge in [0.05, 0.1) is 0 Å². The molecule has 0 saturated carbocycles. The van der Waals surface area contributed by atoms with Gasteiger partial charge in [-0.15, -0.1) is 10.2 Å². The smallest absolute Gasteiger partial charge is 0.226 e. The molecule has 0 aliphatic rings. The Morgan fingerprint density at radius 1 is 1.33 bits per heavy atom. The topological polar surface area (TPSA) is 54.9 Å². The summed E-state index contributed by atoms with van der Waals surface area (Å²) in [6.45, 7) is 4.21.